The number of nitrogens with one attached hydrogen (secondary N) is 2. The average molecular weight is 422 g/mol. The molecule has 1 amide bonds. The number of carbonyl (C=O) groups is 1. The van der Waals surface area contributed by atoms with Crippen LogP contribution in [0.5, 0.6) is 0 Å². The van der Waals surface area contributed by atoms with Crippen LogP contribution in [0, 0.1) is 6.92 Å². The Kier molecular flexibility index (Phi) is 5.79. The summed E-state index contributed by atoms with van der Waals surface area (Å²) in [6.45, 7) is 5.82. The van der Waals surface area contributed by atoms with E-state index in [1.807, 2.05) is 18.4 Å². The van der Waals surface area contributed by atoms with Gasteiger partial charge in [0.2, 0.25) is 0 Å². The van der Waals surface area contributed by atoms with Crippen molar-refractivity contribution in [1.82, 2.24) is 19.5 Å². The lowest BCUT2D eigenvalue weighted by Gasteiger charge is -2.22. The quantitative estimate of drug-likeness (QED) is 0.681. The Bertz CT molecular complexity index is 1120. The molecule has 1 aliphatic heterocycles. The van der Waals surface area contributed by atoms with Gasteiger partial charge in [-0.05, 0) is 31.5 Å². The van der Waals surface area contributed by atoms with Crippen molar-refractivity contribution in [3.05, 3.63) is 62.2 Å². The van der Waals surface area contributed by atoms with Crippen LogP contribution in [0.25, 0.3) is 5.65 Å². The van der Waals surface area contributed by atoms with Crippen molar-refractivity contribution in [2.75, 3.05) is 11.9 Å². The third-order valence-corrected chi connectivity index (χ3v) is 5.45. The molecule has 0 unspecified atom stereocenters. The van der Waals surface area contributed by atoms with Gasteiger partial charge in [0, 0.05) is 42.5 Å². The number of hydrogen-bond donors (Lipinski definition) is 2. The summed E-state index contributed by atoms with van der Waals surface area (Å²) < 4.78 is 3.35. The van der Waals surface area contributed by atoms with Crippen LogP contribution >= 0.6 is 24.0 Å². The van der Waals surface area contributed by atoms with Gasteiger partial charge in [0.05, 0.1) is 11.8 Å². The molecule has 9 heteroatoms. The number of rotatable bonds is 3. The maximum Gasteiger partial charge on any atom is 0.279 e. The monoisotopic (exact) mass is 421 g/mol. The molecule has 3 heterocycles. The van der Waals surface area contributed by atoms with E-state index in [0.717, 1.165) is 29.8 Å². The van der Waals surface area contributed by atoms with E-state index in [0.29, 0.717) is 35.0 Å². The largest absolute Gasteiger partial charge is 0.329 e. The molecule has 0 saturated heterocycles. The SMILES string of the molecule is CCn1c2c(c(=O)n3ncc(C(=O)Nc4cccc(Cl)c4C)c13)CNCC2.Cl. The van der Waals surface area contributed by atoms with E-state index in [-0.39, 0.29) is 23.9 Å². The molecule has 0 saturated carbocycles. The van der Waals surface area contributed by atoms with Gasteiger partial charge in [-0.2, -0.15) is 9.61 Å². The van der Waals surface area contributed by atoms with E-state index in [9.17, 15) is 9.59 Å². The Morgan fingerprint density at radius 3 is 2.93 bits per heavy atom. The van der Waals surface area contributed by atoms with Gasteiger partial charge in [0.1, 0.15) is 5.56 Å². The highest BCUT2D eigenvalue weighted by molar-refractivity contribution is 6.31. The Balaban J connectivity index is 0.00000225. The van der Waals surface area contributed by atoms with Crippen molar-refractivity contribution in [3.8, 4) is 0 Å². The minimum Gasteiger partial charge on any atom is -0.329 e. The Hall–Kier alpha value is -2.35. The molecule has 0 bridgehead atoms. The highest BCUT2D eigenvalue weighted by atomic mass is 35.5. The molecule has 0 spiro atoms. The van der Waals surface area contributed by atoms with Crippen molar-refractivity contribution in [2.45, 2.75) is 33.4 Å². The summed E-state index contributed by atoms with van der Waals surface area (Å²) in [7, 11) is 0. The maximum absolute atomic E-state index is 13.0. The molecule has 0 fully saturated rings. The molecule has 1 aliphatic rings. The Morgan fingerprint density at radius 2 is 2.18 bits per heavy atom. The number of halogens is 2. The van der Waals surface area contributed by atoms with Gasteiger partial charge < -0.3 is 15.2 Å². The molecule has 2 N–H and O–H groups in total. The average Bonchev–Trinajstić information content (AvgIpc) is 3.11. The number of aromatic nitrogens is 3. The number of aryl methyl sites for hydroxylation is 1. The van der Waals surface area contributed by atoms with Crippen LogP contribution in [0.2, 0.25) is 5.02 Å². The fourth-order valence-electron chi connectivity index (χ4n) is 3.61. The number of benzene rings is 1. The van der Waals surface area contributed by atoms with Gasteiger partial charge in [0.25, 0.3) is 11.5 Å². The molecule has 0 radical (unpaired) electrons. The number of hydrogen-bond acceptors (Lipinski definition) is 4. The summed E-state index contributed by atoms with van der Waals surface area (Å²) in [5.41, 5.74) is 3.85. The molecular weight excluding hydrogens is 401 g/mol. The van der Waals surface area contributed by atoms with Crippen molar-refractivity contribution in [2.24, 2.45) is 0 Å². The Labute approximate surface area is 173 Å². The highest BCUT2D eigenvalue weighted by Gasteiger charge is 2.24. The van der Waals surface area contributed by atoms with Gasteiger partial charge in [-0.15, -0.1) is 12.4 Å². The zero-order chi connectivity index (χ0) is 19.1. The number of carbonyl (C=O) groups excluding carboxylic acids is 1. The second kappa shape index (κ2) is 7.95. The fourth-order valence-corrected chi connectivity index (χ4v) is 3.78. The summed E-state index contributed by atoms with van der Waals surface area (Å²) in [4.78, 5) is 25.8. The van der Waals surface area contributed by atoms with Crippen molar-refractivity contribution in [3.63, 3.8) is 0 Å². The summed E-state index contributed by atoms with van der Waals surface area (Å²) in [6, 6.07) is 5.36. The predicted octanol–water partition coefficient (Wildman–Crippen LogP) is 2.80. The van der Waals surface area contributed by atoms with Gasteiger partial charge in [-0.1, -0.05) is 17.7 Å². The van der Waals surface area contributed by atoms with Crippen molar-refractivity contribution < 1.29 is 4.79 Å². The third-order valence-electron chi connectivity index (χ3n) is 5.04. The molecular formula is C19H21Cl2N5O2. The summed E-state index contributed by atoms with van der Waals surface area (Å²) in [6.07, 6.45) is 2.20. The summed E-state index contributed by atoms with van der Waals surface area (Å²) >= 11 is 6.15. The number of amides is 1. The van der Waals surface area contributed by atoms with Crippen LogP contribution in [-0.2, 0) is 19.5 Å². The first kappa shape index (κ1) is 20.4. The van der Waals surface area contributed by atoms with E-state index < -0.39 is 0 Å². The number of fused-ring (bicyclic) bond motifs is 2. The van der Waals surface area contributed by atoms with E-state index in [1.54, 1.807) is 18.2 Å². The molecule has 0 atom stereocenters. The first-order valence-corrected chi connectivity index (χ1v) is 9.30. The molecule has 7 nitrogen and oxygen atoms in total. The zero-order valence-corrected chi connectivity index (χ0v) is 17.2. The van der Waals surface area contributed by atoms with Crippen LogP contribution < -0.4 is 16.2 Å². The second-order valence-electron chi connectivity index (χ2n) is 6.56. The lowest BCUT2D eigenvalue weighted by Crippen LogP contribution is -2.36. The number of nitrogens with zero attached hydrogens (tertiary/aromatic N) is 3. The van der Waals surface area contributed by atoms with E-state index in [2.05, 4.69) is 15.7 Å². The first-order chi connectivity index (χ1) is 13.0. The minimum absolute atomic E-state index is 0. The van der Waals surface area contributed by atoms with Crippen molar-refractivity contribution >= 4 is 41.2 Å². The van der Waals surface area contributed by atoms with Gasteiger partial charge in [-0.3, -0.25) is 9.59 Å². The molecule has 4 rings (SSSR count). The normalized spacial score (nSPS) is 13.1. The third kappa shape index (κ3) is 3.19. The van der Waals surface area contributed by atoms with Crippen LogP contribution in [0.3, 0.4) is 0 Å². The molecule has 148 valence electrons. The second-order valence-corrected chi connectivity index (χ2v) is 6.97. The van der Waals surface area contributed by atoms with E-state index >= 15 is 0 Å². The molecule has 2 aromatic heterocycles. The summed E-state index contributed by atoms with van der Waals surface area (Å²) in [5.74, 6) is -0.314. The first-order valence-electron chi connectivity index (χ1n) is 8.92. The van der Waals surface area contributed by atoms with E-state index in [1.165, 1.54) is 10.7 Å². The van der Waals surface area contributed by atoms with Gasteiger partial charge in [0.15, 0.2) is 5.65 Å². The van der Waals surface area contributed by atoms with Crippen LogP contribution in [0.4, 0.5) is 5.69 Å². The summed E-state index contributed by atoms with van der Waals surface area (Å²) in [5, 5.41) is 10.9. The lowest BCUT2D eigenvalue weighted by atomic mass is 10.1. The molecule has 3 aromatic rings. The Morgan fingerprint density at radius 1 is 1.39 bits per heavy atom. The smallest absolute Gasteiger partial charge is 0.279 e. The lowest BCUT2D eigenvalue weighted by molar-refractivity contribution is 0.102. The van der Waals surface area contributed by atoms with Crippen LogP contribution in [0.15, 0.2) is 29.2 Å². The standard InChI is InChI=1S/C19H20ClN5O2.ClH/c1-3-24-16-7-8-21-9-12(16)19(27)25-18(24)13(10-22-25)17(26)23-15-6-4-5-14(20)11(15)2;/h4-6,10,21H,3,7-9H2,1-2H3,(H,23,26);1H. The number of anilines is 1. The highest BCUT2D eigenvalue weighted by Crippen LogP contribution is 2.24. The van der Waals surface area contributed by atoms with Gasteiger partial charge in [-0.25, -0.2) is 0 Å². The topological polar surface area (TPSA) is 80.4 Å². The predicted molar refractivity (Wildman–Crippen MR) is 112 cm³/mol. The van der Waals surface area contributed by atoms with Gasteiger partial charge >= 0.3 is 0 Å². The van der Waals surface area contributed by atoms with Crippen LogP contribution in [-0.4, -0.2) is 26.6 Å². The molecule has 0 aliphatic carbocycles. The maximum atomic E-state index is 13.0. The zero-order valence-electron chi connectivity index (χ0n) is 15.6. The van der Waals surface area contributed by atoms with Crippen LogP contribution in [0.1, 0.15) is 34.1 Å². The molecule has 1 aromatic carbocycles. The molecule has 28 heavy (non-hydrogen) atoms. The minimum atomic E-state index is -0.314. The fraction of sp³-hybridized carbons (Fsp3) is 0.316. The van der Waals surface area contributed by atoms with E-state index in [4.69, 9.17) is 11.6 Å². The van der Waals surface area contributed by atoms with Crippen molar-refractivity contribution in [1.29, 1.82) is 0 Å².